The first-order chi connectivity index (χ1) is 8.39. The monoisotopic (exact) mass is 264 g/mol. The zero-order chi connectivity index (χ0) is 13.3. The van der Waals surface area contributed by atoms with Gasteiger partial charge in [0.25, 0.3) is 0 Å². The van der Waals surface area contributed by atoms with Crippen LogP contribution in [0, 0.1) is 0 Å². The van der Waals surface area contributed by atoms with Crippen molar-refractivity contribution in [2.45, 2.75) is 4.90 Å². The molecule has 1 aromatic carbocycles. The zero-order valence-electron chi connectivity index (χ0n) is 9.99. The predicted octanol–water partition coefficient (Wildman–Crippen LogP) is 1.05. The molecule has 0 N–H and O–H groups in total. The molecule has 5 nitrogen and oxygen atoms in total. The molecule has 94 valence electrons. The van der Waals surface area contributed by atoms with Gasteiger partial charge in [0.05, 0.1) is 4.90 Å². The van der Waals surface area contributed by atoms with Gasteiger partial charge < -0.3 is 0 Å². The van der Waals surface area contributed by atoms with Crippen molar-refractivity contribution < 1.29 is 13.2 Å². The molecule has 0 spiro atoms. The number of hydrogen-bond acceptors (Lipinski definition) is 4. The van der Waals surface area contributed by atoms with Crippen molar-refractivity contribution in [3.8, 4) is 0 Å². The lowest BCUT2D eigenvalue weighted by molar-refractivity contribution is 0.103. The zero-order valence-corrected chi connectivity index (χ0v) is 10.8. The molecule has 2 aromatic rings. The number of carbonyl (C=O) groups is 1. The smallest absolute Gasteiger partial charge is 0.211 e. The number of benzene rings is 1. The van der Waals surface area contributed by atoms with Crippen LogP contribution in [0.2, 0.25) is 0 Å². The first-order valence-corrected chi connectivity index (χ1v) is 7.11. The minimum absolute atomic E-state index is 0.185. The largest absolute Gasteiger partial charge is 0.287 e. The number of ketones is 1. The van der Waals surface area contributed by atoms with E-state index in [1.165, 1.54) is 35.1 Å². The second kappa shape index (κ2) is 4.38. The van der Waals surface area contributed by atoms with Gasteiger partial charge in [-0.15, -0.1) is 0 Å². The third-order valence-electron chi connectivity index (χ3n) is 2.60. The highest BCUT2D eigenvalue weighted by atomic mass is 32.2. The first kappa shape index (κ1) is 12.5. The molecule has 0 radical (unpaired) electrons. The van der Waals surface area contributed by atoms with Gasteiger partial charge in [0, 0.05) is 25.1 Å². The Hall–Kier alpha value is -1.95. The highest BCUT2D eigenvalue weighted by Crippen LogP contribution is 2.13. The van der Waals surface area contributed by atoms with Crippen molar-refractivity contribution in [2.24, 2.45) is 7.05 Å². The molecule has 1 heterocycles. The van der Waals surface area contributed by atoms with Crippen LogP contribution in [0.3, 0.4) is 0 Å². The van der Waals surface area contributed by atoms with Gasteiger partial charge in [-0.2, -0.15) is 5.10 Å². The molecule has 0 aliphatic carbocycles. The van der Waals surface area contributed by atoms with Gasteiger partial charge in [-0.05, 0) is 30.3 Å². The van der Waals surface area contributed by atoms with Crippen LogP contribution in [-0.2, 0) is 16.9 Å². The summed E-state index contributed by atoms with van der Waals surface area (Å²) in [5.74, 6) is -0.185. The Morgan fingerprint density at radius 2 is 1.78 bits per heavy atom. The van der Waals surface area contributed by atoms with E-state index >= 15 is 0 Å². The van der Waals surface area contributed by atoms with Crippen LogP contribution in [0.25, 0.3) is 0 Å². The Labute approximate surface area is 105 Å². The van der Waals surface area contributed by atoms with Crippen molar-refractivity contribution in [1.29, 1.82) is 0 Å². The van der Waals surface area contributed by atoms with Crippen LogP contribution in [0.1, 0.15) is 16.1 Å². The Kier molecular flexibility index (Phi) is 3.04. The lowest BCUT2D eigenvalue weighted by Gasteiger charge is -2.03. The van der Waals surface area contributed by atoms with Crippen LogP contribution in [0.15, 0.2) is 41.4 Å². The standard InChI is InChI=1S/C12H12N2O3S/c1-14-11(7-8-13-14)12(15)9-3-5-10(6-4-9)18(2,16)17/h3-8H,1-2H3. The normalized spacial score (nSPS) is 11.4. The van der Waals surface area contributed by atoms with Gasteiger partial charge in [-0.3, -0.25) is 9.48 Å². The molecule has 0 saturated heterocycles. The Balaban J connectivity index is 2.37. The lowest BCUT2D eigenvalue weighted by atomic mass is 10.1. The van der Waals surface area contributed by atoms with E-state index in [0.717, 1.165) is 6.26 Å². The molecule has 2 rings (SSSR count). The van der Waals surface area contributed by atoms with Crippen molar-refractivity contribution in [2.75, 3.05) is 6.26 Å². The van der Waals surface area contributed by atoms with Gasteiger partial charge in [-0.1, -0.05) is 0 Å². The van der Waals surface area contributed by atoms with E-state index in [4.69, 9.17) is 0 Å². The fourth-order valence-corrected chi connectivity index (χ4v) is 2.23. The Morgan fingerprint density at radius 3 is 2.22 bits per heavy atom. The van der Waals surface area contributed by atoms with Crippen molar-refractivity contribution in [1.82, 2.24) is 9.78 Å². The average molecular weight is 264 g/mol. The quantitative estimate of drug-likeness (QED) is 0.777. The molecule has 1 aromatic heterocycles. The number of hydrogen-bond donors (Lipinski definition) is 0. The summed E-state index contributed by atoms with van der Waals surface area (Å²) in [5, 5.41) is 3.92. The molecule has 0 amide bonds. The Bertz CT molecular complexity index is 684. The highest BCUT2D eigenvalue weighted by molar-refractivity contribution is 7.90. The molecule has 0 aliphatic heterocycles. The SMILES string of the molecule is Cn1nccc1C(=O)c1ccc(S(C)(=O)=O)cc1. The fourth-order valence-electron chi connectivity index (χ4n) is 1.60. The second-order valence-electron chi connectivity index (χ2n) is 3.97. The van der Waals surface area contributed by atoms with Crippen molar-refractivity contribution in [3.05, 3.63) is 47.8 Å². The summed E-state index contributed by atoms with van der Waals surface area (Å²) < 4.78 is 24.1. The maximum Gasteiger partial charge on any atom is 0.211 e. The third-order valence-corrected chi connectivity index (χ3v) is 3.73. The van der Waals surface area contributed by atoms with Crippen molar-refractivity contribution >= 4 is 15.6 Å². The fraction of sp³-hybridized carbons (Fsp3) is 0.167. The third kappa shape index (κ3) is 2.33. The van der Waals surface area contributed by atoms with E-state index in [2.05, 4.69) is 5.10 Å². The van der Waals surface area contributed by atoms with Crippen LogP contribution in [-0.4, -0.2) is 30.2 Å². The van der Waals surface area contributed by atoms with Gasteiger partial charge in [0.15, 0.2) is 9.84 Å². The average Bonchev–Trinajstić information content (AvgIpc) is 2.73. The summed E-state index contributed by atoms with van der Waals surface area (Å²) in [6.07, 6.45) is 2.67. The number of sulfone groups is 1. The van der Waals surface area contributed by atoms with Crippen LogP contribution in [0.4, 0.5) is 0 Å². The minimum Gasteiger partial charge on any atom is -0.287 e. The van der Waals surface area contributed by atoms with E-state index in [1.54, 1.807) is 13.1 Å². The summed E-state index contributed by atoms with van der Waals surface area (Å²) in [5.41, 5.74) is 0.896. The van der Waals surface area contributed by atoms with E-state index < -0.39 is 9.84 Å². The van der Waals surface area contributed by atoms with Crippen LogP contribution >= 0.6 is 0 Å². The molecular formula is C12H12N2O3S. The molecule has 0 saturated carbocycles. The number of carbonyl (C=O) groups excluding carboxylic acids is 1. The second-order valence-corrected chi connectivity index (χ2v) is 5.98. The van der Waals surface area contributed by atoms with Crippen LogP contribution in [0.5, 0.6) is 0 Å². The number of aryl methyl sites for hydroxylation is 1. The van der Waals surface area contributed by atoms with Gasteiger partial charge in [0.2, 0.25) is 5.78 Å². The molecule has 0 bridgehead atoms. The number of aromatic nitrogens is 2. The number of rotatable bonds is 3. The summed E-state index contributed by atoms with van der Waals surface area (Å²) >= 11 is 0. The number of nitrogens with zero attached hydrogens (tertiary/aromatic N) is 2. The van der Waals surface area contributed by atoms with E-state index in [0.29, 0.717) is 11.3 Å². The molecular weight excluding hydrogens is 252 g/mol. The van der Waals surface area contributed by atoms with Gasteiger partial charge in [-0.25, -0.2) is 8.42 Å². The summed E-state index contributed by atoms with van der Waals surface area (Å²) in [7, 11) is -1.56. The van der Waals surface area contributed by atoms with Crippen LogP contribution < -0.4 is 0 Å². The van der Waals surface area contributed by atoms with E-state index in [9.17, 15) is 13.2 Å². The van der Waals surface area contributed by atoms with Crippen molar-refractivity contribution in [3.63, 3.8) is 0 Å². The van der Waals surface area contributed by atoms with Gasteiger partial charge >= 0.3 is 0 Å². The predicted molar refractivity (Wildman–Crippen MR) is 66.2 cm³/mol. The maximum atomic E-state index is 12.1. The maximum absolute atomic E-state index is 12.1. The van der Waals surface area contributed by atoms with Gasteiger partial charge in [0.1, 0.15) is 5.69 Å². The minimum atomic E-state index is -3.24. The first-order valence-electron chi connectivity index (χ1n) is 5.22. The van der Waals surface area contributed by atoms with E-state index in [1.807, 2.05) is 0 Å². The van der Waals surface area contributed by atoms with E-state index in [-0.39, 0.29) is 10.7 Å². The lowest BCUT2D eigenvalue weighted by Crippen LogP contribution is -2.08. The summed E-state index contributed by atoms with van der Waals surface area (Å²) in [6, 6.07) is 7.49. The molecule has 18 heavy (non-hydrogen) atoms. The molecule has 0 fully saturated rings. The Morgan fingerprint density at radius 1 is 1.17 bits per heavy atom. The summed E-state index contributed by atoms with van der Waals surface area (Å²) in [4.78, 5) is 12.3. The molecule has 0 unspecified atom stereocenters. The molecule has 6 heteroatoms. The highest BCUT2D eigenvalue weighted by Gasteiger charge is 2.14. The molecule has 0 atom stereocenters. The summed E-state index contributed by atoms with van der Waals surface area (Å²) in [6.45, 7) is 0. The molecule has 0 aliphatic rings. The topological polar surface area (TPSA) is 69.0 Å².